The molecule has 0 unspecified atom stereocenters. The molecule has 3 nitrogen and oxygen atoms in total. The first-order valence-corrected chi connectivity index (χ1v) is 8.52. The average molecular weight is 340 g/mol. The monoisotopic (exact) mass is 340 g/mol. The van der Waals surface area contributed by atoms with Crippen LogP contribution in [0.5, 0.6) is 0 Å². The number of amides is 1. The Balaban J connectivity index is 1.80. The number of carbonyl (C=O) groups is 1. The highest BCUT2D eigenvalue weighted by molar-refractivity contribution is 7.12. The van der Waals surface area contributed by atoms with Crippen molar-refractivity contribution in [3.63, 3.8) is 0 Å². The molecule has 0 radical (unpaired) electrons. The third kappa shape index (κ3) is 3.51. The van der Waals surface area contributed by atoms with Gasteiger partial charge in [0.05, 0.1) is 10.7 Å². The van der Waals surface area contributed by atoms with E-state index in [2.05, 4.69) is 17.2 Å². The van der Waals surface area contributed by atoms with Crippen LogP contribution in [-0.4, -0.2) is 10.9 Å². The zero-order valence-electron chi connectivity index (χ0n) is 13.5. The third-order valence-electron chi connectivity index (χ3n) is 3.63. The van der Waals surface area contributed by atoms with Gasteiger partial charge >= 0.3 is 0 Å². The highest BCUT2D eigenvalue weighted by Gasteiger charge is 2.11. The molecule has 0 saturated carbocycles. The Bertz CT molecular complexity index is 871. The van der Waals surface area contributed by atoms with Gasteiger partial charge in [-0.1, -0.05) is 25.1 Å². The smallest absolute Gasteiger partial charge is 0.255 e. The van der Waals surface area contributed by atoms with Crippen LogP contribution in [0, 0.1) is 12.7 Å². The van der Waals surface area contributed by atoms with Crippen molar-refractivity contribution in [3.05, 3.63) is 69.8 Å². The number of aromatic nitrogens is 1. The predicted molar refractivity (Wildman–Crippen MR) is 96.0 cm³/mol. The van der Waals surface area contributed by atoms with Crippen molar-refractivity contribution in [2.75, 3.05) is 5.32 Å². The number of nitrogens with one attached hydrogen (secondary N) is 1. The van der Waals surface area contributed by atoms with Crippen molar-refractivity contribution in [1.82, 2.24) is 4.98 Å². The van der Waals surface area contributed by atoms with Crippen LogP contribution in [0.1, 0.15) is 27.2 Å². The number of benzene rings is 2. The highest BCUT2D eigenvalue weighted by atomic mass is 32.1. The Morgan fingerprint density at radius 2 is 1.96 bits per heavy atom. The molecule has 5 heteroatoms. The number of thiazole rings is 1. The van der Waals surface area contributed by atoms with E-state index in [0.717, 1.165) is 22.7 Å². The third-order valence-corrected chi connectivity index (χ3v) is 4.74. The quantitative estimate of drug-likeness (QED) is 0.720. The van der Waals surface area contributed by atoms with E-state index in [-0.39, 0.29) is 11.7 Å². The maximum absolute atomic E-state index is 13.2. The first-order valence-electron chi connectivity index (χ1n) is 7.70. The molecular weight excluding hydrogens is 323 g/mol. The molecule has 2 aromatic carbocycles. The van der Waals surface area contributed by atoms with Crippen molar-refractivity contribution in [2.24, 2.45) is 0 Å². The van der Waals surface area contributed by atoms with Gasteiger partial charge in [-0.15, -0.1) is 11.3 Å². The second-order valence-corrected chi connectivity index (χ2v) is 6.69. The summed E-state index contributed by atoms with van der Waals surface area (Å²) in [7, 11) is 0. The van der Waals surface area contributed by atoms with Crippen LogP contribution in [0.3, 0.4) is 0 Å². The Morgan fingerprint density at radius 3 is 2.62 bits per heavy atom. The normalized spacial score (nSPS) is 10.6. The molecule has 1 heterocycles. The minimum atomic E-state index is -0.380. The fourth-order valence-electron chi connectivity index (χ4n) is 2.48. The number of rotatable bonds is 4. The Hall–Kier alpha value is -2.53. The van der Waals surface area contributed by atoms with E-state index in [1.54, 1.807) is 35.6 Å². The van der Waals surface area contributed by atoms with E-state index in [1.165, 1.54) is 17.0 Å². The molecular formula is C19H17FN2OS. The van der Waals surface area contributed by atoms with Gasteiger partial charge in [0.15, 0.2) is 0 Å². The van der Waals surface area contributed by atoms with Gasteiger partial charge in [0.2, 0.25) is 0 Å². The van der Waals surface area contributed by atoms with Gasteiger partial charge in [-0.2, -0.15) is 0 Å². The lowest BCUT2D eigenvalue weighted by atomic mass is 10.1. The molecule has 3 aromatic rings. The predicted octanol–water partition coefficient (Wildman–Crippen LogP) is 5.07. The van der Waals surface area contributed by atoms with E-state index in [9.17, 15) is 9.18 Å². The number of hydrogen-bond donors (Lipinski definition) is 1. The SMILES string of the molecule is CCc1sc(C)nc1-c1ccc(C(=O)Nc2cccc(F)c2)cc1. The Morgan fingerprint density at radius 1 is 1.21 bits per heavy atom. The first-order chi connectivity index (χ1) is 11.6. The Kier molecular flexibility index (Phi) is 4.71. The number of hydrogen-bond acceptors (Lipinski definition) is 3. The number of aryl methyl sites for hydroxylation is 2. The molecule has 0 atom stereocenters. The Labute approximate surface area is 144 Å². The van der Waals surface area contributed by atoms with Gasteiger partial charge in [0.1, 0.15) is 5.82 Å². The van der Waals surface area contributed by atoms with E-state index < -0.39 is 0 Å². The zero-order chi connectivity index (χ0) is 17.1. The molecule has 3 rings (SSSR count). The topological polar surface area (TPSA) is 42.0 Å². The fraction of sp³-hybridized carbons (Fsp3) is 0.158. The van der Waals surface area contributed by atoms with Crippen molar-refractivity contribution in [3.8, 4) is 11.3 Å². The van der Waals surface area contributed by atoms with Crippen molar-refractivity contribution in [2.45, 2.75) is 20.3 Å². The second kappa shape index (κ2) is 6.93. The summed E-state index contributed by atoms with van der Waals surface area (Å²) in [6, 6.07) is 13.2. The number of halogens is 1. The summed E-state index contributed by atoms with van der Waals surface area (Å²) in [4.78, 5) is 18.1. The van der Waals surface area contributed by atoms with Crippen LogP contribution in [0.4, 0.5) is 10.1 Å². The number of carbonyl (C=O) groups excluding carboxylic acids is 1. The molecule has 0 aliphatic carbocycles. The standard InChI is InChI=1S/C19H17FN2OS/c1-3-17-18(21-12(2)24-17)13-7-9-14(10-8-13)19(23)22-16-6-4-5-15(20)11-16/h4-11H,3H2,1-2H3,(H,22,23). The highest BCUT2D eigenvalue weighted by Crippen LogP contribution is 2.28. The zero-order valence-corrected chi connectivity index (χ0v) is 14.3. The molecule has 0 aliphatic rings. The summed E-state index contributed by atoms with van der Waals surface area (Å²) in [5.74, 6) is -0.647. The van der Waals surface area contributed by atoms with Crippen LogP contribution in [0.25, 0.3) is 11.3 Å². The van der Waals surface area contributed by atoms with E-state index in [4.69, 9.17) is 0 Å². The minimum absolute atomic E-state index is 0.266. The van der Waals surface area contributed by atoms with Gasteiger partial charge in [-0.25, -0.2) is 9.37 Å². The molecule has 0 spiro atoms. The molecule has 0 fully saturated rings. The summed E-state index contributed by atoms with van der Waals surface area (Å²) >= 11 is 1.70. The van der Waals surface area contributed by atoms with Crippen molar-refractivity contribution in [1.29, 1.82) is 0 Å². The summed E-state index contributed by atoms with van der Waals surface area (Å²) in [6.07, 6.45) is 0.933. The van der Waals surface area contributed by atoms with Gasteiger partial charge in [0, 0.05) is 21.7 Å². The van der Waals surface area contributed by atoms with Gasteiger partial charge in [-0.05, 0) is 43.7 Å². The van der Waals surface area contributed by atoms with Crippen LogP contribution in [-0.2, 0) is 6.42 Å². The lowest BCUT2D eigenvalue weighted by molar-refractivity contribution is 0.102. The molecule has 122 valence electrons. The summed E-state index contributed by atoms with van der Waals surface area (Å²) < 4.78 is 13.2. The lowest BCUT2D eigenvalue weighted by Crippen LogP contribution is -2.11. The molecule has 24 heavy (non-hydrogen) atoms. The summed E-state index contributed by atoms with van der Waals surface area (Å²) in [5.41, 5.74) is 2.94. The van der Waals surface area contributed by atoms with Crippen LogP contribution in [0.2, 0.25) is 0 Å². The van der Waals surface area contributed by atoms with Crippen LogP contribution in [0.15, 0.2) is 48.5 Å². The van der Waals surface area contributed by atoms with Crippen molar-refractivity contribution < 1.29 is 9.18 Å². The van der Waals surface area contributed by atoms with Crippen LogP contribution < -0.4 is 5.32 Å². The van der Waals surface area contributed by atoms with Crippen molar-refractivity contribution >= 4 is 22.9 Å². The average Bonchev–Trinajstić information content (AvgIpc) is 2.96. The molecule has 0 aliphatic heterocycles. The largest absolute Gasteiger partial charge is 0.322 e. The van der Waals surface area contributed by atoms with E-state index in [0.29, 0.717) is 11.3 Å². The molecule has 1 N–H and O–H groups in total. The molecule has 0 saturated heterocycles. The number of nitrogens with zero attached hydrogens (tertiary/aromatic N) is 1. The minimum Gasteiger partial charge on any atom is -0.322 e. The maximum atomic E-state index is 13.2. The molecule has 1 amide bonds. The van der Waals surface area contributed by atoms with Gasteiger partial charge in [-0.3, -0.25) is 4.79 Å². The maximum Gasteiger partial charge on any atom is 0.255 e. The van der Waals surface area contributed by atoms with Gasteiger partial charge < -0.3 is 5.32 Å². The lowest BCUT2D eigenvalue weighted by Gasteiger charge is -2.06. The molecule has 1 aromatic heterocycles. The van der Waals surface area contributed by atoms with E-state index in [1.807, 2.05) is 19.1 Å². The fourth-order valence-corrected chi connectivity index (χ4v) is 3.38. The molecule has 0 bridgehead atoms. The number of anilines is 1. The summed E-state index contributed by atoms with van der Waals surface area (Å²) in [6.45, 7) is 4.10. The van der Waals surface area contributed by atoms with Crippen LogP contribution >= 0.6 is 11.3 Å². The second-order valence-electron chi connectivity index (χ2n) is 5.40. The first kappa shape index (κ1) is 16.3. The van der Waals surface area contributed by atoms with E-state index >= 15 is 0 Å². The van der Waals surface area contributed by atoms with Gasteiger partial charge in [0.25, 0.3) is 5.91 Å². The summed E-state index contributed by atoms with van der Waals surface area (Å²) in [5, 5.41) is 3.73.